The second-order valence-electron chi connectivity index (χ2n) is 9.59. The Bertz CT molecular complexity index is 1240. The molecule has 37 heavy (non-hydrogen) atoms. The molecule has 3 heterocycles. The fraction of sp³-hybridized carbons (Fsp3) is 0.444. The van der Waals surface area contributed by atoms with Gasteiger partial charge in [0.15, 0.2) is 12.2 Å². The molecule has 10 heteroatoms. The number of fused-ring (bicyclic) bond motifs is 1. The molecule has 5 rings (SSSR count). The number of carbonyl (C=O) groups excluding carboxylic acids is 1. The third-order valence-electron chi connectivity index (χ3n) is 7.11. The van der Waals surface area contributed by atoms with Crippen LogP contribution in [0.25, 0.3) is 0 Å². The van der Waals surface area contributed by atoms with Gasteiger partial charge in [0, 0.05) is 25.2 Å². The molecular formula is C27H33N5O5. The van der Waals surface area contributed by atoms with E-state index in [1.54, 1.807) is 12.3 Å². The number of methoxy groups -OCH3 is 1. The van der Waals surface area contributed by atoms with Crippen molar-refractivity contribution < 1.29 is 23.8 Å². The molecule has 2 unspecified atom stereocenters. The van der Waals surface area contributed by atoms with Gasteiger partial charge in [0.05, 0.1) is 30.7 Å². The van der Waals surface area contributed by atoms with Crippen molar-refractivity contribution in [2.75, 3.05) is 19.0 Å². The van der Waals surface area contributed by atoms with E-state index in [1.165, 1.54) is 19.9 Å². The van der Waals surface area contributed by atoms with Crippen LogP contribution in [0.15, 0.2) is 41.3 Å². The minimum absolute atomic E-state index is 0.112. The Morgan fingerprint density at radius 3 is 2.86 bits per heavy atom. The lowest BCUT2D eigenvalue weighted by atomic mass is 9.92. The summed E-state index contributed by atoms with van der Waals surface area (Å²) >= 11 is 0. The Morgan fingerprint density at radius 1 is 1.27 bits per heavy atom. The van der Waals surface area contributed by atoms with E-state index in [1.807, 2.05) is 25.1 Å². The fourth-order valence-corrected chi connectivity index (χ4v) is 4.55. The van der Waals surface area contributed by atoms with E-state index in [0.29, 0.717) is 48.5 Å². The van der Waals surface area contributed by atoms with E-state index in [9.17, 15) is 9.90 Å². The van der Waals surface area contributed by atoms with Gasteiger partial charge >= 0.3 is 0 Å². The van der Waals surface area contributed by atoms with Crippen LogP contribution in [0.4, 0.5) is 5.82 Å². The predicted octanol–water partition coefficient (Wildman–Crippen LogP) is 2.74. The van der Waals surface area contributed by atoms with Gasteiger partial charge < -0.3 is 34.9 Å². The highest BCUT2D eigenvalue weighted by atomic mass is 16.5. The number of aliphatic hydroxyl groups excluding tert-OH is 1. The van der Waals surface area contributed by atoms with Crippen LogP contribution < -0.4 is 25.4 Å². The highest BCUT2D eigenvalue weighted by molar-refractivity contribution is 5.97. The predicted molar refractivity (Wildman–Crippen MR) is 137 cm³/mol. The van der Waals surface area contributed by atoms with Gasteiger partial charge in [0.1, 0.15) is 23.9 Å². The lowest BCUT2D eigenvalue weighted by Crippen LogP contribution is -2.49. The summed E-state index contributed by atoms with van der Waals surface area (Å²) in [5.41, 5.74) is 3.46. The first-order valence-corrected chi connectivity index (χ1v) is 12.6. The van der Waals surface area contributed by atoms with Crippen molar-refractivity contribution in [3.63, 3.8) is 0 Å². The molecular weight excluding hydrogens is 474 g/mol. The smallest absolute Gasteiger partial charge is 0.255 e. The summed E-state index contributed by atoms with van der Waals surface area (Å²) in [7, 11) is 1.51. The molecule has 1 aliphatic heterocycles. The molecule has 2 aliphatic rings. The maximum atomic E-state index is 12.9. The number of ether oxygens (including phenoxy) is 2. The first-order valence-electron chi connectivity index (χ1n) is 12.6. The molecule has 3 aromatic rings. The van der Waals surface area contributed by atoms with Crippen molar-refractivity contribution in [3.8, 4) is 11.5 Å². The summed E-state index contributed by atoms with van der Waals surface area (Å²) in [6.07, 6.45) is 6.26. The van der Waals surface area contributed by atoms with E-state index >= 15 is 0 Å². The first kappa shape index (κ1) is 25.0. The number of rotatable bonds is 10. The number of aromatic nitrogens is 2. The van der Waals surface area contributed by atoms with Gasteiger partial charge in [-0.15, -0.1) is 0 Å². The Hall–Kier alpha value is -3.63. The number of nitrogens with zero attached hydrogens (tertiary/aromatic N) is 2. The van der Waals surface area contributed by atoms with Gasteiger partial charge in [-0.05, 0) is 61.9 Å². The van der Waals surface area contributed by atoms with Crippen LogP contribution in [0.1, 0.15) is 52.2 Å². The number of hydrogen-bond donors (Lipinski definition) is 4. The van der Waals surface area contributed by atoms with E-state index in [-0.39, 0.29) is 18.5 Å². The van der Waals surface area contributed by atoms with Crippen molar-refractivity contribution in [1.29, 1.82) is 0 Å². The van der Waals surface area contributed by atoms with Crippen molar-refractivity contribution in [2.45, 2.75) is 63.9 Å². The average molecular weight is 508 g/mol. The van der Waals surface area contributed by atoms with Crippen LogP contribution in [-0.2, 0) is 19.6 Å². The molecule has 0 bridgehead atoms. The summed E-state index contributed by atoms with van der Waals surface area (Å²) in [6, 6.07) is 7.87. The van der Waals surface area contributed by atoms with E-state index in [4.69, 9.17) is 13.9 Å². The maximum Gasteiger partial charge on any atom is 0.255 e. The number of amides is 1. The molecule has 1 amide bonds. The van der Waals surface area contributed by atoms with Crippen molar-refractivity contribution in [3.05, 3.63) is 65.0 Å². The number of carbonyl (C=O) groups is 1. The molecule has 10 nitrogen and oxygen atoms in total. The lowest BCUT2D eigenvalue weighted by molar-refractivity contribution is 0.0867. The number of aryl methyl sites for hydroxylation is 1. The molecule has 1 aliphatic carbocycles. The highest BCUT2D eigenvalue weighted by Crippen LogP contribution is 2.26. The summed E-state index contributed by atoms with van der Waals surface area (Å²) in [5, 5.41) is 20.4. The second kappa shape index (κ2) is 11.2. The standard InChI is InChI=1S/C27H33N5O5/c1-16-25(37-15-31-16)14-36-20-7-6-17-9-22(28-11-18(17)8-20)23(33)12-30-27(34)21-10-26(29-13-24(21)35-2)32-19-4-3-5-19/h6-8,10,13,15,19,22-23,28,33H,3-5,9,11-12,14H2,1-2H3,(H,29,32)(H,30,34). The van der Waals surface area contributed by atoms with Crippen LogP contribution >= 0.6 is 0 Å². The van der Waals surface area contributed by atoms with Crippen LogP contribution in [-0.4, -0.2) is 52.8 Å². The lowest BCUT2D eigenvalue weighted by Gasteiger charge is -2.30. The number of oxazole rings is 1. The number of aliphatic hydroxyl groups is 1. The van der Waals surface area contributed by atoms with E-state index in [2.05, 4.69) is 25.9 Å². The average Bonchev–Trinajstić information content (AvgIpc) is 3.31. The van der Waals surface area contributed by atoms with E-state index < -0.39 is 6.10 Å². The van der Waals surface area contributed by atoms with Crippen LogP contribution in [0.2, 0.25) is 0 Å². The zero-order valence-corrected chi connectivity index (χ0v) is 21.1. The van der Waals surface area contributed by atoms with E-state index in [0.717, 1.165) is 35.4 Å². The third kappa shape index (κ3) is 5.86. The zero-order chi connectivity index (χ0) is 25.8. The molecule has 0 radical (unpaired) electrons. The monoisotopic (exact) mass is 507 g/mol. The Kier molecular flexibility index (Phi) is 7.57. The van der Waals surface area contributed by atoms with Crippen molar-refractivity contribution in [2.24, 2.45) is 0 Å². The first-order chi connectivity index (χ1) is 18.0. The van der Waals surface area contributed by atoms with Crippen molar-refractivity contribution >= 4 is 11.7 Å². The molecule has 4 N–H and O–H groups in total. The highest BCUT2D eigenvalue weighted by Gasteiger charge is 2.26. The van der Waals surface area contributed by atoms with Gasteiger partial charge in [-0.3, -0.25) is 4.79 Å². The Labute approximate surface area is 215 Å². The van der Waals surface area contributed by atoms with Gasteiger partial charge in [0.25, 0.3) is 5.91 Å². The third-order valence-corrected chi connectivity index (χ3v) is 7.11. The normalized spacial score (nSPS) is 17.9. The molecule has 0 spiro atoms. The number of hydrogen-bond acceptors (Lipinski definition) is 9. The number of benzene rings is 1. The summed E-state index contributed by atoms with van der Waals surface area (Å²) in [6.45, 7) is 2.91. The molecule has 1 fully saturated rings. The molecule has 196 valence electrons. The summed E-state index contributed by atoms with van der Waals surface area (Å²) in [5.74, 6) is 2.19. The molecule has 1 aromatic carbocycles. The maximum absolute atomic E-state index is 12.9. The molecule has 0 saturated heterocycles. The topological polar surface area (TPSA) is 131 Å². The molecule has 2 atom stereocenters. The Balaban J connectivity index is 1.15. The fourth-order valence-electron chi connectivity index (χ4n) is 4.55. The zero-order valence-electron chi connectivity index (χ0n) is 21.1. The molecule has 1 saturated carbocycles. The van der Waals surface area contributed by atoms with Crippen LogP contribution in [0.5, 0.6) is 11.5 Å². The van der Waals surface area contributed by atoms with Gasteiger partial charge in [-0.1, -0.05) is 6.07 Å². The van der Waals surface area contributed by atoms with Gasteiger partial charge in [-0.2, -0.15) is 0 Å². The molecule has 2 aromatic heterocycles. The van der Waals surface area contributed by atoms with Crippen LogP contribution in [0, 0.1) is 6.92 Å². The quantitative estimate of drug-likeness (QED) is 0.327. The SMILES string of the molecule is COc1cnc(NC2CCC2)cc1C(=O)NCC(O)C1Cc2ccc(OCc3ocnc3C)cc2CN1. The summed E-state index contributed by atoms with van der Waals surface area (Å²) in [4.78, 5) is 21.4. The minimum atomic E-state index is -0.761. The van der Waals surface area contributed by atoms with Gasteiger partial charge in [0.2, 0.25) is 0 Å². The number of pyridine rings is 1. The second-order valence-corrected chi connectivity index (χ2v) is 9.59. The van der Waals surface area contributed by atoms with Crippen LogP contribution in [0.3, 0.4) is 0 Å². The Morgan fingerprint density at radius 2 is 2.14 bits per heavy atom. The minimum Gasteiger partial charge on any atom is -0.494 e. The van der Waals surface area contributed by atoms with Gasteiger partial charge in [-0.25, -0.2) is 9.97 Å². The summed E-state index contributed by atoms with van der Waals surface area (Å²) < 4.78 is 16.5. The number of anilines is 1. The largest absolute Gasteiger partial charge is 0.494 e. The van der Waals surface area contributed by atoms with Crippen molar-refractivity contribution in [1.82, 2.24) is 20.6 Å². The number of nitrogens with one attached hydrogen (secondary N) is 3.